The molecule has 276 valence electrons. The maximum atomic E-state index is 9.67. The third kappa shape index (κ3) is 5.42. The summed E-state index contributed by atoms with van der Waals surface area (Å²) in [6.45, 7) is 0. The number of fused-ring (bicyclic) bond motifs is 6. The first-order valence-corrected chi connectivity index (χ1v) is 20.1. The largest absolute Gasteiger partial charge is 0.309 e. The first-order chi connectivity index (χ1) is 29.2. The molecule has 0 bridgehead atoms. The molecule has 11 aromatic rings. The van der Waals surface area contributed by atoms with Crippen LogP contribution in [0.4, 0.5) is 0 Å². The first kappa shape index (κ1) is 34.3. The van der Waals surface area contributed by atoms with E-state index in [0.29, 0.717) is 5.56 Å². The Morgan fingerprint density at radius 2 is 0.729 bits per heavy atom. The highest BCUT2D eigenvalue weighted by atomic mass is 15.0. The lowest BCUT2D eigenvalue weighted by Crippen LogP contribution is -2.31. The van der Waals surface area contributed by atoms with Crippen molar-refractivity contribution in [2.75, 3.05) is 0 Å². The number of hydrogen-bond acceptors (Lipinski definition) is 1. The summed E-state index contributed by atoms with van der Waals surface area (Å²) in [7, 11) is 0. The van der Waals surface area contributed by atoms with Gasteiger partial charge in [-0.05, 0) is 100 Å². The maximum absolute atomic E-state index is 9.67. The Bertz CT molecular complexity index is 3290. The highest BCUT2D eigenvalue weighted by Gasteiger charge is 2.38. The van der Waals surface area contributed by atoms with Gasteiger partial charge < -0.3 is 9.13 Å². The Hall–Kier alpha value is -7.93. The van der Waals surface area contributed by atoms with Gasteiger partial charge in [0.15, 0.2) is 0 Å². The van der Waals surface area contributed by atoms with Crippen molar-refractivity contribution in [1.82, 2.24) is 9.13 Å². The molecule has 0 atom stereocenters. The van der Waals surface area contributed by atoms with Crippen LogP contribution in [0, 0.1) is 11.3 Å². The SMILES string of the molecule is N#Cc1cccc(-n2c3ccccc3c3cc(-c4ccc5c(c4)c4ccccc4n5-c4cccc(C(c5ccccc5)(c5ccccc5)c5ccccc5)c4)ccc32)c1. The van der Waals surface area contributed by atoms with E-state index in [0.717, 1.165) is 39.1 Å². The van der Waals surface area contributed by atoms with E-state index in [2.05, 4.69) is 221 Å². The zero-order chi connectivity index (χ0) is 39.3. The standard InChI is InChI=1S/C56H37N3/c57-38-39-16-14-24-46(34-39)58-52-28-12-10-26-48(52)50-35-40(30-32-54(50)58)41-31-33-55-51(36-41)49-27-11-13-29-53(49)59(55)47-25-15-23-45(37-47)56(42-17-4-1-5-18-42,43-19-6-2-7-20-43)44-21-8-3-9-22-44/h1-37H. The van der Waals surface area contributed by atoms with E-state index in [1.54, 1.807) is 0 Å². The summed E-state index contributed by atoms with van der Waals surface area (Å²) in [6.07, 6.45) is 0. The molecule has 59 heavy (non-hydrogen) atoms. The normalized spacial score (nSPS) is 11.7. The second-order valence-corrected chi connectivity index (χ2v) is 15.2. The molecule has 0 aliphatic heterocycles. The van der Waals surface area contributed by atoms with Gasteiger partial charge in [-0.1, -0.05) is 158 Å². The minimum atomic E-state index is -0.550. The highest BCUT2D eigenvalue weighted by Crippen LogP contribution is 2.46. The Labute approximate surface area is 342 Å². The second kappa shape index (κ2) is 13.9. The third-order valence-corrected chi connectivity index (χ3v) is 12.1. The average molecular weight is 752 g/mol. The zero-order valence-corrected chi connectivity index (χ0v) is 32.2. The fraction of sp³-hybridized carbons (Fsp3) is 0.0179. The number of aromatic nitrogens is 2. The Morgan fingerprint density at radius 1 is 0.322 bits per heavy atom. The molecule has 2 heterocycles. The van der Waals surface area contributed by atoms with Crippen LogP contribution in [0.25, 0.3) is 66.1 Å². The van der Waals surface area contributed by atoms with E-state index in [1.807, 2.05) is 18.2 Å². The van der Waals surface area contributed by atoms with Gasteiger partial charge in [-0.25, -0.2) is 0 Å². The molecule has 3 nitrogen and oxygen atoms in total. The Kier molecular flexibility index (Phi) is 8.10. The van der Waals surface area contributed by atoms with E-state index in [1.165, 1.54) is 49.3 Å². The third-order valence-electron chi connectivity index (χ3n) is 12.1. The molecular weight excluding hydrogens is 715 g/mol. The molecule has 0 saturated carbocycles. The molecule has 0 spiro atoms. The van der Waals surface area contributed by atoms with Crippen molar-refractivity contribution in [1.29, 1.82) is 5.26 Å². The molecule has 11 rings (SSSR count). The van der Waals surface area contributed by atoms with Gasteiger partial charge in [-0.3, -0.25) is 0 Å². The van der Waals surface area contributed by atoms with Crippen molar-refractivity contribution in [2.45, 2.75) is 5.41 Å². The average Bonchev–Trinajstić information content (AvgIpc) is 3.83. The summed E-state index contributed by atoms with van der Waals surface area (Å²) in [4.78, 5) is 0. The molecule has 0 aliphatic carbocycles. The summed E-state index contributed by atoms with van der Waals surface area (Å²) in [6, 6.07) is 83.0. The van der Waals surface area contributed by atoms with Crippen molar-refractivity contribution in [2.24, 2.45) is 0 Å². The lowest BCUT2D eigenvalue weighted by Gasteiger charge is -2.37. The van der Waals surface area contributed by atoms with E-state index < -0.39 is 5.41 Å². The first-order valence-electron chi connectivity index (χ1n) is 20.1. The van der Waals surface area contributed by atoms with Crippen LogP contribution >= 0.6 is 0 Å². The predicted octanol–water partition coefficient (Wildman–Crippen LogP) is 13.8. The van der Waals surface area contributed by atoms with Crippen LogP contribution in [-0.2, 0) is 5.41 Å². The molecule has 0 N–H and O–H groups in total. The van der Waals surface area contributed by atoms with Crippen molar-refractivity contribution >= 4 is 43.6 Å². The van der Waals surface area contributed by atoms with Crippen molar-refractivity contribution in [3.8, 4) is 28.6 Å². The van der Waals surface area contributed by atoms with E-state index in [4.69, 9.17) is 0 Å². The fourth-order valence-corrected chi connectivity index (χ4v) is 9.52. The summed E-state index contributed by atoms with van der Waals surface area (Å²) < 4.78 is 4.69. The van der Waals surface area contributed by atoms with Gasteiger partial charge in [-0.2, -0.15) is 5.26 Å². The van der Waals surface area contributed by atoms with Gasteiger partial charge >= 0.3 is 0 Å². The monoisotopic (exact) mass is 751 g/mol. The van der Waals surface area contributed by atoms with Crippen molar-refractivity contribution in [3.05, 3.63) is 252 Å². The van der Waals surface area contributed by atoms with Crippen molar-refractivity contribution < 1.29 is 0 Å². The Balaban J connectivity index is 1.09. The minimum absolute atomic E-state index is 0.550. The van der Waals surface area contributed by atoms with Crippen LogP contribution in [0.5, 0.6) is 0 Å². The van der Waals surface area contributed by atoms with E-state index in [-0.39, 0.29) is 0 Å². The molecule has 0 saturated heterocycles. The zero-order valence-electron chi connectivity index (χ0n) is 32.2. The van der Waals surface area contributed by atoms with Gasteiger partial charge in [0.05, 0.1) is 39.1 Å². The smallest absolute Gasteiger partial charge is 0.0992 e. The maximum Gasteiger partial charge on any atom is 0.0992 e. The number of benzene rings is 9. The van der Waals surface area contributed by atoms with Gasteiger partial charge in [0.1, 0.15) is 0 Å². The van der Waals surface area contributed by atoms with Crippen LogP contribution in [0.15, 0.2) is 224 Å². The minimum Gasteiger partial charge on any atom is -0.309 e. The molecular formula is C56H37N3. The number of nitriles is 1. The summed E-state index contributed by atoms with van der Waals surface area (Å²) in [5, 5.41) is 14.5. The van der Waals surface area contributed by atoms with Gasteiger partial charge in [0.25, 0.3) is 0 Å². The van der Waals surface area contributed by atoms with Crippen LogP contribution in [0.2, 0.25) is 0 Å². The predicted molar refractivity (Wildman–Crippen MR) is 244 cm³/mol. The lowest BCUT2D eigenvalue weighted by molar-refractivity contribution is 0.744. The summed E-state index contributed by atoms with van der Waals surface area (Å²) in [5.74, 6) is 0. The second-order valence-electron chi connectivity index (χ2n) is 15.2. The van der Waals surface area contributed by atoms with Gasteiger partial charge in [0.2, 0.25) is 0 Å². The number of rotatable bonds is 7. The molecule has 0 amide bonds. The molecule has 2 aromatic heterocycles. The number of hydrogen-bond donors (Lipinski definition) is 0. The quantitative estimate of drug-likeness (QED) is 0.149. The van der Waals surface area contributed by atoms with E-state index in [9.17, 15) is 5.26 Å². The number of nitrogens with zero attached hydrogens (tertiary/aromatic N) is 3. The van der Waals surface area contributed by atoms with Crippen LogP contribution in [0.3, 0.4) is 0 Å². The number of para-hydroxylation sites is 2. The van der Waals surface area contributed by atoms with Crippen LogP contribution in [0.1, 0.15) is 27.8 Å². The molecule has 0 radical (unpaired) electrons. The van der Waals surface area contributed by atoms with Gasteiger partial charge in [-0.15, -0.1) is 0 Å². The van der Waals surface area contributed by atoms with Gasteiger partial charge in [0, 0.05) is 32.9 Å². The topological polar surface area (TPSA) is 33.6 Å². The molecule has 9 aromatic carbocycles. The van der Waals surface area contributed by atoms with Crippen molar-refractivity contribution in [3.63, 3.8) is 0 Å². The lowest BCUT2D eigenvalue weighted by atomic mass is 9.65. The highest BCUT2D eigenvalue weighted by molar-refractivity contribution is 6.12. The Morgan fingerprint density at radius 3 is 1.22 bits per heavy atom. The fourth-order valence-electron chi connectivity index (χ4n) is 9.52. The molecule has 0 fully saturated rings. The van der Waals surface area contributed by atoms with Crippen LogP contribution < -0.4 is 0 Å². The molecule has 0 aliphatic rings. The molecule has 0 unspecified atom stereocenters. The molecule has 3 heteroatoms. The summed E-state index contributed by atoms with van der Waals surface area (Å²) in [5.41, 5.74) is 13.9. The van der Waals surface area contributed by atoms with E-state index >= 15 is 0 Å². The van der Waals surface area contributed by atoms with Crippen LogP contribution in [-0.4, -0.2) is 9.13 Å². The summed E-state index contributed by atoms with van der Waals surface area (Å²) >= 11 is 0.